The fraction of sp³-hybridized carbons (Fsp3) is 0.174. The van der Waals surface area contributed by atoms with Crippen molar-refractivity contribution >= 4 is 21.6 Å². The van der Waals surface area contributed by atoms with Gasteiger partial charge >= 0.3 is 0 Å². The second-order valence-corrected chi connectivity index (χ2v) is 8.66. The van der Waals surface area contributed by atoms with Gasteiger partial charge in [0.1, 0.15) is 5.75 Å². The van der Waals surface area contributed by atoms with Gasteiger partial charge in [-0.3, -0.25) is 9.10 Å². The summed E-state index contributed by atoms with van der Waals surface area (Å²) in [5.41, 5.74) is 2.09. The SMILES string of the molecule is COc1ccc(S(=O)(=O)N(C)c2ccc(C(=O)NCCc3ccccc3)cc2)cc1. The molecule has 1 amide bonds. The van der Waals surface area contributed by atoms with E-state index < -0.39 is 10.0 Å². The maximum Gasteiger partial charge on any atom is 0.264 e. The Morgan fingerprint density at radius 3 is 2.17 bits per heavy atom. The molecule has 0 aromatic heterocycles. The third kappa shape index (κ3) is 4.99. The number of nitrogens with zero attached hydrogens (tertiary/aromatic N) is 1. The number of methoxy groups -OCH3 is 1. The molecule has 3 aromatic carbocycles. The summed E-state index contributed by atoms with van der Waals surface area (Å²) in [5.74, 6) is 0.386. The lowest BCUT2D eigenvalue weighted by atomic mass is 10.1. The number of amides is 1. The Hall–Kier alpha value is -3.32. The van der Waals surface area contributed by atoms with Crippen LogP contribution in [0.5, 0.6) is 5.75 Å². The normalized spacial score (nSPS) is 11.0. The van der Waals surface area contributed by atoms with Crippen molar-refractivity contribution in [2.24, 2.45) is 0 Å². The predicted molar refractivity (Wildman–Crippen MR) is 118 cm³/mol. The van der Waals surface area contributed by atoms with Gasteiger partial charge in [0.15, 0.2) is 0 Å². The molecule has 156 valence electrons. The predicted octanol–water partition coefficient (Wildman–Crippen LogP) is 3.49. The summed E-state index contributed by atoms with van der Waals surface area (Å²) in [5, 5.41) is 2.88. The van der Waals surface area contributed by atoms with Crippen LogP contribution in [-0.2, 0) is 16.4 Å². The minimum Gasteiger partial charge on any atom is -0.497 e. The number of carbonyl (C=O) groups excluding carboxylic acids is 1. The van der Waals surface area contributed by atoms with Crippen molar-refractivity contribution in [1.29, 1.82) is 0 Å². The number of nitrogens with one attached hydrogen (secondary N) is 1. The molecule has 3 rings (SSSR count). The van der Waals surface area contributed by atoms with E-state index in [2.05, 4.69) is 5.32 Å². The minimum absolute atomic E-state index is 0.161. The van der Waals surface area contributed by atoms with Crippen molar-refractivity contribution < 1.29 is 17.9 Å². The maximum atomic E-state index is 12.8. The van der Waals surface area contributed by atoms with E-state index >= 15 is 0 Å². The molecule has 0 saturated carbocycles. The number of anilines is 1. The Morgan fingerprint density at radius 2 is 1.57 bits per heavy atom. The highest BCUT2D eigenvalue weighted by atomic mass is 32.2. The fourth-order valence-electron chi connectivity index (χ4n) is 2.93. The molecule has 3 aromatic rings. The lowest BCUT2D eigenvalue weighted by molar-refractivity contribution is 0.0954. The smallest absolute Gasteiger partial charge is 0.264 e. The molecule has 0 fully saturated rings. The van der Waals surface area contributed by atoms with Crippen LogP contribution in [0.1, 0.15) is 15.9 Å². The van der Waals surface area contributed by atoms with Crippen LogP contribution < -0.4 is 14.4 Å². The molecular weight excluding hydrogens is 400 g/mol. The van der Waals surface area contributed by atoms with Crippen molar-refractivity contribution in [2.75, 3.05) is 25.0 Å². The van der Waals surface area contributed by atoms with E-state index in [0.29, 0.717) is 23.5 Å². The molecule has 0 aliphatic carbocycles. The monoisotopic (exact) mass is 424 g/mol. The number of hydrogen-bond donors (Lipinski definition) is 1. The van der Waals surface area contributed by atoms with E-state index in [1.54, 1.807) is 36.4 Å². The highest BCUT2D eigenvalue weighted by Gasteiger charge is 2.21. The number of ether oxygens (including phenoxy) is 1. The van der Waals surface area contributed by atoms with Gasteiger partial charge in [-0.2, -0.15) is 0 Å². The minimum atomic E-state index is -3.72. The quantitative estimate of drug-likeness (QED) is 0.601. The van der Waals surface area contributed by atoms with Crippen molar-refractivity contribution in [3.63, 3.8) is 0 Å². The van der Waals surface area contributed by atoms with E-state index in [-0.39, 0.29) is 10.8 Å². The molecule has 0 spiro atoms. The van der Waals surface area contributed by atoms with Gasteiger partial charge in [-0.1, -0.05) is 30.3 Å². The van der Waals surface area contributed by atoms with Gasteiger partial charge in [0, 0.05) is 19.2 Å². The Balaban J connectivity index is 1.64. The Morgan fingerprint density at radius 1 is 0.933 bits per heavy atom. The maximum absolute atomic E-state index is 12.8. The van der Waals surface area contributed by atoms with Crippen molar-refractivity contribution in [1.82, 2.24) is 5.32 Å². The topological polar surface area (TPSA) is 75.7 Å². The Bertz CT molecular complexity index is 1080. The van der Waals surface area contributed by atoms with Gasteiger partial charge < -0.3 is 10.1 Å². The van der Waals surface area contributed by atoms with Crippen LogP contribution in [-0.4, -0.2) is 35.0 Å². The summed E-state index contributed by atoms with van der Waals surface area (Å²) in [4.78, 5) is 12.5. The molecule has 0 atom stereocenters. The third-order valence-corrected chi connectivity index (χ3v) is 6.55. The van der Waals surface area contributed by atoms with Crippen LogP contribution >= 0.6 is 0 Å². The number of benzene rings is 3. The molecule has 0 aliphatic rings. The van der Waals surface area contributed by atoms with Gasteiger partial charge in [0.05, 0.1) is 17.7 Å². The molecule has 6 nitrogen and oxygen atoms in total. The zero-order chi connectivity index (χ0) is 21.6. The van der Waals surface area contributed by atoms with Crippen LogP contribution in [0.2, 0.25) is 0 Å². The molecule has 0 saturated heterocycles. The van der Waals surface area contributed by atoms with Crippen LogP contribution in [0.15, 0.2) is 83.8 Å². The van der Waals surface area contributed by atoms with E-state index in [4.69, 9.17) is 4.74 Å². The molecule has 0 radical (unpaired) electrons. The summed E-state index contributed by atoms with van der Waals surface area (Å²) in [6, 6.07) is 22.6. The second kappa shape index (κ2) is 9.45. The van der Waals surface area contributed by atoms with E-state index in [9.17, 15) is 13.2 Å². The average molecular weight is 425 g/mol. The largest absolute Gasteiger partial charge is 0.497 e. The average Bonchev–Trinajstić information content (AvgIpc) is 2.79. The number of rotatable bonds is 8. The van der Waals surface area contributed by atoms with Gasteiger partial charge in [0.25, 0.3) is 15.9 Å². The molecule has 0 aliphatic heterocycles. The highest BCUT2D eigenvalue weighted by Crippen LogP contribution is 2.24. The zero-order valence-corrected chi connectivity index (χ0v) is 17.7. The van der Waals surface area contributed by atoms with Gasteiger partial charge in [-0.15, -0.1) is 0 Å². The van der Waals surface area contributed by atoms with Crippen LogP contribution in [0.3, 0.4) is 0 Å². The summed E-state index contributed by atoms with van der Waals surface area (Å²) < 4.78 is 31.9. The molecule has 0 unspecified atom stereocenters. The number of hydrogen-bond acceptors (Lipinski definition) is 4. The lowest BCUT2D eigenvalue weighted by Crippen LogP contribution is -2.27. The Kier molecular flexibility index (Phi) is 6.74. The highest BCUT2D eigenvalue weighted by molar-refractivity contribution is 7.92. The number of carbonyl (C=O) groups is 1. The third-order valence-electron chi connectivity index (χ3n) is 4.75. The standard InChI is InChI=1S/C23H24N2O4S/c1-25(30(27,28)22-14-12-21(29-2)13-15-22)20-10-8-19(9-11-20)23(26)24-17-16-18-6-4-3-5-7-18/h3-15H,16-17H2,1-2H3,(H,24,26). The zero-order valence-electron chi connectivity index (χ0n) is 16.9. The summed E-state index contributed by atoms with van der Waals surface area (Å²) >= 11 is 0. The molecule has 1 N–H and O–H groups in total. The first-order chi connectivity index (χ1) is 14.4. The first kappa shape index (κ1) is 21.4. The fourth-order valence-corrected chi connectivity index (χ4v) is 4.13. The summed E-state index contributed by atoms with van der Waals surface area (Å²) in [6.45, 7) is 0.524. The lowest BCUT2D eigenvalue weighted by Gasteiger charge is -2.20. The molecule has 7 heteroatoms. The first-order valence-electron chi connectivity index (χ1n) is 9.47. The van der Waals surface area contributed by atoms with Crippen LogP contribution in [0.25, 0.3) is 0 Å². The summed E-state index contributed by atoms with van der Waals surface area (Å²) in [7, 11) is -0.714. The van der Waals surface area contributed by atoms with Gasteiger partial charge in [-0.05, 0) is 60.5 Å². The van der Waals surface area contributed by atoms with E-state index in [1.807, 2.05) is 30.3 Å². The molecule has 30 heavy (non-hydrogen) atoms. The molecular formula is C23H24N2O4S. The molecule has 0 bridgehead atoms. The number of sulfonamides is 1. The van der Waals surface area contributed by atoms with E-state index in [1.165, 1.54) is 30.6 Å². The van der Waals surface area contributed by atoms with Crippen LogP contribution in [0.4, 0.5) is 5.69 Å². The van der Waals surface area contributed by atoms with Gasteiger partial charge in [0.2, 0.25) is 0 Å². The van der Waals surface area contributed by atoms with Crippen molar-refractivity contribution in [3.05, 3.63) is 90.0 Å². The van der Waals surface area contributed by atoms with Crippen LogP contribution in [0, 0.1) is 0 Å². The second-order valence-electron chi connectivity index (χ2n) is 6.69. The van der Waals surface area contributed by atoms with Gasteiger partial charge in [-0.25, -0.2) is 8.42 Å². The van der Waals surface area contributed by atoms with Crippen molar-refractivity contribution in [2.45, 2.75) is 11.3 Å². The van der Waals surface area contributed by atoms with E-state index in [0.717, 1.165) is 12.0 Å². The first-order valence-corrected chi connectivity index (χ1v) is 10.9. The molecule has 0 heterocycles. The summed E-state index contributed by atoms with van der Waals surface area (Å²) in [6.07, 6.45) is 0.744. The Labute approximate surface area is 177 Å². The van der Waals surface area contributed by atoms with Crippen molar-refractivity contribution in [3.8, 4) is 5.75 Å².